The van der Waals surface area contributed by atoms with E-state index in [1.807, 2.05) is 13.8 Å². The summed E-state index contributed by atoms with van der Waals surface area (Å²) in [4.78, 5) is 52.4. The number of hydrogen-bond donors (Lipinski definition) is 2. The molecule has 37 heavy (non-hydrogen) atoms. The predicted molar refractivity (Wildman–Crippen MR) is 134 cm³/mol. The van der Waals surface area contributed by atoms with Crippen LogP contribution < -0.4 is 10.6 Å². The van der Waals surface area contributed by atoms with Crippen LogP contribution in [-0.4, -0.2) is 73.0 Å². The molecule has 1 fully saturated rings. The maximum atomic E-state index is 13.2. The van der Waals surface area contributed by atoms with Gasteiger partial charge < -0.3 is 29.3 Å². The van der Waals surface area contributed by atoms with Crippen molar-refractivity contribution in [3.8, 4) is 0 Å². The third-order valence-corrected chi connectivity index (χ3v) is 6.05. The lowest BCUT2D eigenvalue weighted by atomic mass is 9.98. The second-order valence-corrected chi connectivity index (χ2v) is 10.2. The van der Waals surface area contributed by atoms with Crippen molar-refractivity contribution in [3.05, 3.63) is 24.2 Å². The summed E-state index contributed by atoms with van der Waals surface area (Å²) in [6.07, 6.45) is 2.04. The molecule has 208 valence electrons. The summed E-state index contributed by atoms with van der Waals surface area (Å²) in [5, 5.41) is 5.46. The van der Waals surface area contributed by atoms with Crippen LogP contribution in [0.5, 0.6) is 0 Å². The van der Waals surface area contributed by atoms with Crippen molar-refractivity contribution < 1.29 is 37.8 Å². The zero-order chi connectivity index (χ0) is 27.6. The molecular weight excluding hydrogens is 482 g/mol. The molecule has 2 rings (SSSR count). The minimum Gasteiger partial charge on any atom is -0.469 e. The molecule has 1 aliphatic heterocycles. The lowest BCUT2D eigenvalue weighted by Crippen LogP contribution is -2.54. The van der Waals surface area contributed by atoms with E-state index >= 15 is 0 Å². The van der Waals surface area contributed by atoms with E-state index in [4.69, 9.17) is 18.6 Å². The fourth-order valence-electron chi connectivity index (χ4n) is 3.87. The summed E-state index contributed by atoms with van der Waals surface area (Å²) in [6.45, 7) is 10.0. The van der Waals surface area contributed by atoms with Crippen molar-refractivity contribution >= 4 is 23.9 Å². The number of nitrogens with one attached hydrogen (secondary N) is 2. The van der Waals surface area contributed by atoms with Crippen LogP contribution in [0.15, 0.2) is 22.8 Å². The minimum absolute atomic E-state index is 0.0116. The van der Waals surface area contributed by atoms with E-state index in [1.165, 1.54) is 18.3 Å². The number of ether oxygens (including phenoxy) is 3. The molecule has 0 bridgehead atoms. The van der Waals surface area contributed by atoms with Gasteiger partial charge in [0.2, 0.25) is 11.8 Å². The molecule has 0 radical (unpaired) electrons. The van der Waals surface area contributed by atoms with Gasteiger partial charge in [-0.1, -0.05) is 20.3 Å². The molecule has 1 unspecified atom stereocenters. The zero-order valence-electron chi connectivity index (χ0n) is 22.7. The van der Waals surface area contributed by atoms with Crippen LogP contribution in [0.3, 0.4) is 0 Å². The molecule has 2 N–H and O–H groups in total. The number of methoxy groups -OCH3 is 1. The fraction of sp³-hybridized carbons (Fsp3) is 0.692. The maximum absolute atomic E-state index is 13.2. The van der Waals surface area contributed by atoms with Gasteiger partial charge in [0.15, 0.2) is 0 Å². The molecule has 0 saturated carbocycles. The Kier molecular flexibility index (Phi) is 11.4. The topological polar surface area (TPSA) is 136 Å². The Hall–Kier alpha value is -3.08. The molecule has 1 aromatic rings. The molecule has 3 amide bonds. The Bertz CT molecular complexity index is 896. The molecule has 11 nitrogen and oxygen atoms in total. The molecule has 1 saturated heterocycles. The van der Waals surface area contributed by atoms with Crippen LogP contribution in [0.1, 0.15) is 66.1 Å². The standard InChI is InChI=1S/C26H41N3O8/c1-7-17(2)22(24(32)34-6)28-23(31)19(16-18-10-8-14-35-18)27-20(30)11-12-21-29(13-9-15-36-21)25(33)37-26(3,4)5/h8,10,14,17,19,21-22H,7,9,11-13,15-16H2,1-6H3,(H,27,30)(H,28,31)/t17-,19-,21?,22-/m0/s1. The zero-order valence-corrected chi connectivity index (χ0v) is 22.7. The van der Waals surface area contributed by atoms with Crippen LogP contribution >= 0.6 is 0 Å². The van der Waals surface area contributed by atoms with E-state index in [9.17, 15) is 19.2 Å². The fourth-order valence-corrected chi connectivity index (χ4v) is 3.87. The highest BCUT2D eigenvalue weighted by molar-refractivity contribution is 5.91. The van der Waals surface area contributed by atoms with Crippen molar-refractivity contribution in [1.82, 2.24) is 15.5 Å². The molecule has 1 aliphatic rings. The summed E-state index contributed by atoms with van der Waals surface area (Å²) in [7, 11) is 1.26. The predicted octanol–water partition coefficient (Wildman–Crippen LogP) is 2.77. The number of nitrogens with zero attached hydrogens (tertiary/aromatic N) is 1. The van der Waals surface area contributed by atoms with E-state index in [-0.39, 0.29) is 25.2 Å². The van der Waals surface area contributed by atoms with Gasteiger partial charge >= 0.3 is 12.1 Å². The van der Waals surface area contributed by atoms with E-state index in [1.54, 1.807) is 32.9 Å². The lowest BCUT2D eigenvalue weighted by Gasteiger charge is -2.36. The van der Waals surface area contributed by atoms with Crippen molar-refractivity contribution in [2.75, 3.05) is 20.3 Å². The van der Waals surface area contributed by atoms with Gasteiger partial charge in [0.1, 0.15) is 29.7 Å². The Morgan fingerprint density at radius 2 is 1.95 bits per heavy atom. The Labute approximate surface area is 218 Å². The van der Waals surface area contributed by atoms with Crippen LogP contribution in [0, 0.1) is 5.92 Å². The minimum atomic E-state index is -0.982. The van der Waals surface area contributed by atoms with Crippen molar-refractivity contribution in [1.29, 1.82) is 0 Å². The first-order chi connectivity index (χ1) is 17.4. The quantitative estimate of drug-likeness (QED) is 0.423. The second-order valence-electron chi connectivity index (χ2n) is 10.2. The molecule has 11 heteroatoms. The molecular formula is C26H41N3O8. The third-order valence-electron chi connectivity index (χ3n) is 6.05. The van der Waals surface area contributed by atoms with E-state index in [0.29, 0.717) is 31.8 Å². The number of esters is 1. The molecule has 0 spiro atoms. The van der Waals surface area contributed by atoms with E-state index in [2.05, 4.69) is 10.6 Å². The summed E-state index contributed by atoms with van der Waals surface area (Å²) in [6, 6.07) is 1.56. The number of rotatable bonds is 11. The number of carbonyl (C=O) groups is 4. The maximum Gasteiger partial charge on any atom is 0.412 e. The molecule has 2 heterocycles. The number of amides is 3. The number of carbonyl (C=O) groups excluding carboxylic acids is 4. The largest absolute Gasteiger partial charge is 0.469 e. The van der Waals surface area contributed by atoms with Gasteiger partial charge in [-0.25, -0.2) is 9.59 Å². The number of furan rings is 1. The van der Waals surface area contributed by atoms with Gasteiger partial charge in [-0.2, -0.15) is 0 Å². The third kappa shape index (κ3) is 9.71. The normalized spacial score (nSPS) is 18.3. The van der Waals surface area contributed by atoms with Gasteiger partial charge in [0.25, 0.3) is 0 Å². The Balaban J connectivity index is 2.06. The highest BCUT2D eigenvalue weighted by atomic mass is 16.6. The summed E-state index contributed by atoms with van der Waals surface area (Å²) in [5.41, 5.74) is -0.653. The van der Waals surface area contributed by atoms with Crippen LogP contribution in [0.4, 0.5) is 4.79 Å². The monoisotopic (exact) mass is 523 g/mol. The summed E-state index contributed by atoms with van der Waals surface area (Å²) < 4.78 is 21.4. The van der Waals surface area contributed by atoms with Crippen molar-refractivity contribution in [3.63, 3.8) is 0 Å². The molecule has 1 aromatic heterocycles. The van der Waals surface area contributed by atoms with Crippen LogP contribution in [-0.2, 0) is 35.0 Å². The highest BCUT2D eigenvalue weighted by Crippen LogP contribution is 2.19. The van der Waals surface area contributed by atoms with Gasteiger partial charge in [0, 0.05) is 25.8 Å². The first-order valence-corrected chi connectivity index (χ1v) is 12.8. The Morgan fingerprint density at radius 1 is 1.22 bits per heavy atom. The Morgan fingerprint density at radius 3 is 2.54 bits per heavy atom. The first-order valence-electron chi connectivity index (χ1n) is 12.8. The summed E-state index contributed by atoms with van der Waals surface area (Å²) in [5.74, 6) is -1.14. The van der Waals surface area contributed by atoms with Gasteiger partial charge in [0.05, 0.1) is 20.0 Å². The van der Waals surface area contributed by atoms with Crippen molar-refractivity contribution in [2.45, 2.75) is 90.6 Å². The average molecular weight is 524 g/mol. The van der Waals surface area contributed by atoms with Gasteiger partial charge in [-0.3, -0.25) is 14.5 Å². The van der Waals surface area contributed by atoms with E-state index < -0.39 is 47.8 Å². The lowest BCUT2D eigenvalue weighted by molar-refractivity contribution is -0.147. The van der Waals surface area contributed by atoms with Crippen molar-refractivity contribution in [2.24, 2.45) is 5.92 Å². The summed E-state index contributed by atoms with van der Waals surface area (Å²) >= 11 is 0. The van der Waals surface area contributed by atoms with Crippen LogP contribution in [0.25, 0.3) is 0 Å². The van der Waals surface area contributed by atoms with Crippen LogP contribution in [0.2, 0.25) is 0 Å². The highest BCUT2D eigenvalue weighted by Gasteiger charge is 2.33. The molecule has 0 aliphatic carbocycles. The molecule has 4 atom stereocenters. The van der Waals surface area contributed by atoms with Gasteiger partial charge in [-0.05, 0) is 45.2 Å². The smallest absolute Gasteiger partial charge is 0.412 e. The second kappa shape index (κ2) is 14.0. The first kappa shape index (κ1) is 30.1. The number of hydrogen-bond acceptors (Lipinski definition) is 8. The average Bonchev–Trinajstić information content (AvgIpc) is 3.36. The van der Waals surface area contributed by atoms with E-state index in [0.717, 1.165) is 0 Å². The molecule has 0 aromatic carbocycles. The SMILES string of the molecule is CC[C@H](C)[C@H](NC(=O)[C@H](Cc1ccco1)NC(=O)CCC1OCCCN1C(=O)OC(C)(C)C)C(=O)OC. The van der Waals surface area contributed by atoms with Gasteiger partial charge in [-0.15, -0.1) is 0 Å².